The number of rotatable bonds is 2. The maximum atomic E-state index is 5.69. The Balaban J connectivity index is 1.94. The topological polar surface area (TPSA) is 40.2 Å². The number of hydrogen-bond donors (Lipinski definition) is 0. The number of para-hydroxylation sites is 1. The van der Waals surface area contributed by atoms with Crippen LogP contribution in [-0.2, 0) is 25.4 Å². The van der Waals surface area contributed by atoms with Crippen molar-refractivity contribution in [1.82, 2.24) is 0 Å². The molecule has 1 fully saturated rings. The largest absolute Gasteiger partial charge is 0.377 e. The molecule has 0 saturated carbocycles. The van der Waals surface area contributed by atoms with Gasteiger partial charge in [-0.25, -0.2) is 0 Å². The summed E-state index contributed by atoms with van der Waals surface area (Å²) >= 11 is 0. The number of hydrogen-bond acceptors (Lipinski definition) is 5. The first-order chi connectivity index (χ1) is 11.4. The molecule has 0 bridgehead atoms. The van der Waals surface area contributed by atoms with Crippen LogP contribution in [0.5, 0.6) is 0 Å². The summed E-state index contributed by atoms with van der Waals surface area (Å²) in [5, 5.41) is 0. The van der Waals surface area contributed by atoms with Gasteiger partial charge in [0.2, 0.25) is 0 Å². The smallest absolute Gasteiger partial charge is 0.0701 e. The Labute approximate surface area is 139 Å². The molecule has 0 aromatic heterocycles. The Morgan fingerprint density at radius 2 is 1.22 bits per heavy atom. The maximum absolute atomic E-state index is 5.69. The normalized spacial score (nSPS) is 19.8. The van der Waals surface area contributed by atoms with E-state index in [4.69, 9.17) is 18.9 Å². The monoisotopic (exact) mass is 323 g/mol. The van der Waals surface area contributed by atoms with Crippen LogP contribution in [0.4, 0.5) is 5.69 Å². The number of anilines is 1. The summed E-state index contributed by atoms with van der Waals surface area (Å²) in [5.74, 6) is 0. The van der Waals surface area contributed by atoms with Crippen molar-refractivity contribution in [1.29, 1.82) is 0 Å². The first-order valence-electron chi connectivity index (χ1n) is 8.55. The molecule has 1 saturated heterocycles. The molecule has 0 N–H and O–H groups in total. The zero-order chi connectivity index (χ0) is 16.2. The number of nitrogens with zero attached hydrogens (tertiary/aromatic N) is 1. The van der Waals surface area contributed by atoms with Gasteiger partial charge in [-0.1, -0.05) is 25.1 Å². The van der Waals surface area contributed by atoms with Crippen molar-refractivity contribution >= 4 is 5.69 Å². The average molecular weight is 323 g/mol. The van der Waals surface area contributed by atoms with Crippen LogP contribution in [0.2, 0.25) is 0 Å². The minimum Gasteiger partial charge on any atom is -0.377 e. The van der Waals surface area contributed by atoms with Crippen molar-refractivity contribution in [3.8, 4) is 0 Å². The summed E-state index contributed by atoms with van der Waals surface area (Å²) < 4.78 is 22.3. The Hall–Kier alpha value is -1.14. The molecular formula is C18H29NO4. The third-order valence-corrected chi connectivity index (χ3v) is 3.84. The van der Waals surface area contributed by atoms with Gasteiger partial charge in [0.25, 0.3) is 0 Å². The summed E-state index contributed by atoms with van der Waals surface area (Å²) in [4.78, 5) is 2.35. The molecule has 1 heterocycles. The van der Waals surface area contributed by atoms with E-state index in [0.29, 0.717) is 52.9 Å². The number of benzene rings is 1. The number of ether oxygens (including phenoxy) is 4. The highest BCUT2D eigenvalue weighted by Crippen LogP contribution is 2.20. The predicted molar refractivity (Wildman–Crippen MR) is 91.3 cm³/mol. The lowest BCUT2D eigenvalue weighted by molar-refractivity contribution is 0.00206. The lowest BCUT2D eigenvalue weighted by atomic mass is 10.1. The van der Waals surface area contributed by atoms with E-state index in [2.05, 4.69) is 36.1 Å². The van der Waals surface area contributed by atoms with Crippen LogP contribution < -0.4 is 4.90 Å². The molecule has 130 valence electrons. The van der Waals surface area contributed by atoms with Gasteiger partial charge in [0, 0.05) is 18.8 Å². The first kappa shape index (κ1) is 18.2. The summed E-state index contributed by atoms with van der Waals surface area (Å²) in [6, 6.07) is 8.55. The van der Waals surface area contributed by atoms with Crippen LogP contribution in [0, 0.1) is 0 Å². The molecule has 0 aliphatic carbocycles. The molecule has 2 rings (SSSR count). The maximum Gasteiger partial charge on any atom is 0.0701 e. The van der Waals surface area contributed by atoms with Crippen molar-refractivity contribution in [2.24, 2.45) is 0 Å². The fraction of sp³-hybridized carbons (Fsp3) is 0.667. The third-order valence-electron chi connectivity index (χ3n) is 3.84. The lowest BCUT2D eigenvalue weighted by Crippen LogP contribution is -2.32. The van der Waals surface area contributed by atoms with Gasteiger partial charge < -0.3 is 23.8 Å². The second kappa shape index (κ2) is 11.4. The van der Waals surface area contributed by atoms with E-state index in [0.717, 1.165) is 19.5 Å². The molecule has 1 aliphatic rings. The third kappa shape index (κ3) is 6.87. The standard InChI is InChI=1S/C18H29NO4/c1-2-17-5-3-4-6-18(17)19-7-9-20-11-13-22-15-16-23-14-12-21-10-8-19/h3-6H,2,7-16H2,1H3. The van der Waals surface area contributed by atoms with Gasteiger partial charge >= 0.3 is 0 Å². The fourth-order valence-electron chi connectivity index (χ4n) is 2.58. The minimum absolute atomic E-state index is 0.610. The van der Waals surface area contributed by atoms with Crippen molar-refractivity contribution in [3.05, 3.63) is 29.8 Å². The van der Waals surface area contributed by atoms with E-state index in [9.17, 15) is 0 Å². The van der Waals surface area contributed by atoms with E-state index in [1.165, 1.54) is 11.3 Å². The molecule has 1 aromatic carbocycles. The average Bonchev–Trinajstić information content (AvgIpc) is 2.60. The molecular weight excluding hydrogens is 294 g/mol. The Morgan fingerprint density at radius 3 is 1.74 bits per heavy atom. The van der Waals surface area contributed by atoms with Crippen molar-refractivity contribution in [2.45, 2.75) is 13.3 Å². The zero-order valence-electron chi connectivity index (χ0n) is 14.2. The highest BCUT2D eigenvalue weighted by atomic mass is 16.6. The van der Waals surface area contributed by atoms with E-state index < -0.39 is 0 Å². The molecule has 0 atom stereocenters. The molecule has 0 radical (unpaired) electrons. The van der Waals surface area contributed by atoms with Gasteiger partial charge in [0.1, 0.15) is 0 Å². The van der Waals surface area contributed by atoms with Crippen LogP contribution in [-0.4, -0.2) is 65.9 Å². The quantitative estimate of drug-likeness (QED) is 0.834. The van der Waals surface area contributed by atoms with Gasteiger partial charge in [0.05, 0.1) is 52.9 Å². The molecule has 1 aromatic rings. The molecule has 1 aliphatic heterocycles. The van der Waals surface area contributed by atoms with E-state index in [-0.39, 0.29) is 0 Å². The molecule has 0 unspecified atom stereocenters. The minimum atomic E-state index is 0.610. The van der Waals surface area contributed by atoms with Gasteiger partial charge in [0.15, 0.2) is 0 Å². The highest BCUT2D eigenvalue weighted by molar-refractivity contribution is 5.53. The van der Waals surface area contributed by atoms with Gasteiger partial charge in [-0.3, -0.25) is 0 Å². The van der Waals surface area contributed by atoms with Crippen molar-refractivity contribution in [3.63, 3.8) is 0 Å². The summed E-state index contributed by atoms with van der Waals surface area (Å²) in [7, 11) is 0. The second-order valence-electron chi connectivity index (χ2n) is 5.42. The Bertz CT molecular complexity index is 411. The molecule has 0 amide bonds. The van der Waals surface area contributed by atoms with E-state index in [1.807, 2.05) is 0 Å². The van der Waals surface area contributed by atoms with Crippen molar-refractivity contribution < 1.29 is 18.9 Å². The van der Waals surface area contributed by atoms with Gasteiger partial charge in [-0.05, 0) is 18.1 Å². The second-order valence-corrected chi connectivity index (χ2v) is 5.42. The summed E-state index contributed by atoms with van der Waals surface area (Å²) in [6.45, 7) is 8.99. The van der Waals surface area contributed by atoms with E-state index >= 15 is 0 Å². The first-order valence-corrected chi connectivity index (χ1v) is 8.55. The van der Waals surface area contributed by atoms with Crippen LogP contribution >= 0.6 is 0 Å². The van der Waals surface area contributed by atoms with Gasteiger partial charge in [-0.15, -0.1) is 0 Å². The Morgan fingerprint density at radius 1 is 0.739 bits per heavy atom. The molecule has 5 heteroatoms. The predicted octanol–water partition coefficient (Wildman–Crippen LogP) is 2.14. The van der Waals surface area contributed by atoms with Crippen LogP contribution in [0.3, 0.4) is 0 Å². The van der Waals surface area contributed by atoms with Crippen LogP contribution in [0.15, 0.2) is 24.3 Å². The van der Waals surface area contributed by atoms with Gasteiger partial charge in [-0.2, -0.15) is 0 Å². The molecule has 23 heavy (non-hydrogen) atoms. The summed E-state index contributed by atoms with van der Waals surface area (Å²) in [5.41, 5.74) is 2.64. The molecule has 0 spiro atoms. The Kier molecular flexibility index (Phi) is 9.03. The lowest BCUT2D eigenvalue weighted by Gasteiger charge is -2.27. The van der Waals surface area contributed by atoms with Crippen LogP contribution in [0.1, 0.15) is 12.5 Å². The van der Waals surface area contributed by atoms with Crippen molar-refractivity contribution in [2.75, 3.05) is 70.8 Å². The zero-order valence-corrected chi connectivity index (χ0v) is 14.2. The summed E-state index contributed by atoms with van der Waals surface area (Å²) in [6.07, 6.45) is 1.02. The SMILES string of the molecule is CCc1ccccc1N1CCOCCOCCOCCOCC1. The number of aryl methyl sites for hydroxylation is 1. The molecule has 5 nitrogen and oxygen atoms in total. The van der Waals surface area contributed by atoms with Crippen LogP contribution in [0.25, 0.3) is 0 Å². The fourth-order valence-corrected chi connectivity index (χ4v) is 2.58. The highest BCUT2D eigenvalue weighted by Gasteiger charge is 2.10. The van der Waals surface area contributed by atoms with E-state index in [1.54, 1.807) is 0 Å².